The van der Waals surface area contributed by atoms with Gasteiger partial charge in [-0.05, 0) is 26.3 Å². The van der Waals surface area contributed by atoms with Crippen LogP contribution in [0.4, 0.5) is 4.79 Å². The first-order valence-electron chi connectivity index (χ1n) is 8.07. The minimum atomic E-state index is -1.42. The summed E-state index contributed by atoms with van der Waals surface area (Å²) in [4.78, 5) is 34.0. The number of amides is 1. The number of nitrogens with zero attached hydrogens (tertiary/aromatic N) is 1. The van der Waals surface area contributed by atoms with Crippen molar-refractivity contribution in [2.45, 2.75) is 51.5 Å². The smallest absolute Gasteiger partial charge is 0.408 e. The first kappa shape index (κ1) is 21.4. The Morgan fingerprint density at radius 1 is 1.27 bits per heavy atom. The van der Waals surface area contributed by atoms with Gasteiger partial charge in [0.05, 0.1) is 0 Å². The molecule has 0 heterocycles. The standard InChI is InChI=1S/C17H24N2O7/c1-17(2,3)26-16(22)18-14(9-13(20)10-19(23)24)15(21)25-11-12-7-5-4-6-8-12/h4-8,13-14,20H,9-11H2,1-3H3,(H,18,22)/t13-,14?/m1/s1. The lowest BCUT2D eigenvalue weighted by atomic mass is 10.1. The molecule has 0 aliphatic heterocycles. The van der Waals surface area contributed by atoms with Crippen molar-refractivity contribution in [3.05, 3.63) is 46.0 Å². The van der Waals surface area contributed by atoms with Crippen LogP contribution >= 0.6 is 0 Å². The number of carbonyl (C=O) groups is 2. The van der Waals surface area contributed by atoms with E-state index < -0.39 is 41.3 Å². The summed E-state index contributed by atoms with van der Waals surface area (Å²) in [6.07, 6.45) is -2.67. The van der Waals surface area contributed by atoms with Crippen LogP contribution in [-0.2, 0) is 20.9 Å². The second-order valence-electron chi connectivity index (χ2n) is 6.70. The highest BCUT2D eigenvalue weighted by Crippen LogP contribution is 2.10. The van der Waals surface area contributed by atoms with Gasteiger partial charge in [0.1, 0.15) is 24.4 Å². The van der Waals surface area contributed by atoms with E-state index in [0.29, 0.717) is 0 Å². The fraction of sp³-hybridized carbons (Fsp3) is 0.529. The van der Waals surface area contributed by atoms with Crippen LogP contribution in [0.2, 0.25) is 0 Å². The number of aliphatic hydroxyl groups excluding tert-OH is 1. The topological polar surface area (TPSA) is 128 Å². The molecule has 0 saturated heterocycles. The van der Waals surface area contributed by atoms with Crippen molar-refractivity contribution >= 4 is 12.1 Å². The maximum absolute atomic E-state index is 12.3. The number of aliphatic hydroxyl groups is 1. The molecule has 0 aromatic heterocycles. The highest BCUT2D eigenvalue weighted by molar-refractivity contribution is 5.81. The van der Waals surface area contributed by atoms with Crippen LogP contribution in [0.15, 0.2) is 30.3 Å². The maximum atomic E-state index is 12.3. The third-order valence-corrected chi connectivity index (χ3v) is 3.07. The normalized spacial score (nSPS) is 13.4. The van der Waals surface area contributed by atoms with E-state index in [1.165, 1.54) is 0 Å². The number of ether oxygens (including phenoxy) is 2. The van der Waals surface area contributed by atoms with Crippen LogP contribution in [-0.4, -0.2) is 46.4 Å². The number of hydrogen-bond donors (Lipinski definition) is 2. The summed E-state index contributed by atoms with van der Waals surface area (Å²) in [5, 5.41) is 22.5. The van der Waals surface area contributed by atoms with Gasteiger partial charge in [-0.2, -0.15) is 0 Å². The summed E-state index contributed by atoms with van der Waals surface area (Å²) in [6, 6.07) is 7.60. The third-order valence-electron chi connectivity index (χ3n) is 3.07. The predicted molar refractivity (Wildman–Crippen MR) is 91.9 cm³/mol. The van der Waals surface area contributed by atoms with Crippen LogP contribution in [0, 0.1) is 10.1 Å². The fourth-order valence-corrected chi connectivity index (χ4v) is 2.01. The van der Waals surface area contributed by atoms with E-state index in [9.17, 15) is 24.8 Å². The Hall–Kier alpha value is -2.68. The molecule has 1 aromatic carbocycles. The van der Waals surface area contributed by atoms with Gasteiger partial charge in [-0.1, -0.05) is 30.3 Å². The van der Waals surface area contributed by atoms with Gasteiger partial charge in [-0.15, -0.1) is 0 Å². The highest BCUT2D eigenvalue weighted by Gasteiger charge is 2.29. The molecule has 0 bridgehead atoms. The van der Waals surface area contributed by atoms with Crippen molar-refractivity contribution in [1.29, 1.82) is 0 Å². The molecular weight excluding hydrogens is 344 g/mol. The summed E-state index contributed by atoms with van der Waals surface area (Å²) < 4.78 is 10.2. The van der Waals surface area contributed by atoms with Gasteiger partial charge in [-0.25, -0.2) is 9.59 Å². The Morgan fingerprint density at radius 3 is 2.42 bits per heavy atom. The lowest BCUT2D eigenvalue weighted by Gasteiger charge is -2.23. The third kappa shape index (κ3) is 8.97. The zero-order chi connectivity index (χ0) is 19.7. The summed E-state index contributed by atoms with van der Waals surface area (Å²) >= 11 is 0. The Labute approximate surface area is 151 Å². The van der Waals surface area contributed by atoms with E-state index in [2.05, 4.69) is 5.32 Å². The SMILES string of the molecule is CC(C)(C)OC(=O)NC(C[C@@H](O)C[N+](=O)[O-])C(=O)OCc1ccccc1. The van der Waals surface area contributed by atoms with E-state index in [1.54, 1.807) is 45.0 Å². The minimum Gasteiger partial charge on any atom is -0.459 e. The molecule has 1 amide bonds. The molecule has 0 saturated carbocycles. The van der Waals surface area contributed by atoms with Gasteiger partial charge in [0.15, 0.2) is 0 Å². The van der Waals surface area contributed by atoms with Crippen LogP contribution < -0.4 is 5.32 Å². The number of benzene rings is 1. The van der Waals surface area contributed by atoms with Gasteiger partial charge in [0, 0.05) is 11.3 Å². The molecule has 0 aliphatic carbocycles. The van der Waals surface area contributed by atoms with Gasteiger partial charge in [0.25, 0.3) is 0 Å². The first-order chi connectivity index (χ1) is 12.1. The molecule has 1 unspecified atom stereocenters. The van der Waals surface area contributed by atoms with E-state index >= 15 is 0 Å². The zero-order valence-corrected chi connectivity index (χ0v) is 15.0. The van der Waals surface area contributed by atoms with E-state index in [4.69, 9.17) is 9.47 Å². The molecule has 9 heteroatoms. The summed E-state index contributed by atoms with van der Waals surface area (Å²) in [6.45, 7) is 4.17. The minimum absolute atomic E-state index is 0.0303. The molecule has 144 valence electrons. The van der Waals surface area contributed by atoms with E-state index in [1.807, 2.05) is 6.07 Å². The molecule has 2 atom stereocenters. The van der Waals surface area contributed by atoms with Gasteiger partial charge in [-0.3, -0.25) is 10.1 Å². The molecule has 0 aliphatic rings. The molecule has 1 aromatic rings. The second kappa shape index (κ2) is 9.71. The van der Waals surface area contributed by atoms with Crippen molar-refractivity contribution in [2.75, 3.05) is 6.54 Å². The first-order valence-corrected chi connectivity index (χ1v) is 8.07. The molecule has 0 spiro atoms. The number of hydrogen-bond acceptors (Lipinski definition) is 7. The molecular formula is C17H24N2O7. The molecule has 9 nitrogen and oxygen atoms in total. The number of esters is 1. The van der Waals surface area contributed by atoms with Crippen molar-refractivity contribution in [2.24, 2.45) is 0 Å². The number of rotatable bonds is 8. The molecule has 26 heavy (non-hydrogen) atoms. The van der Waals surface area contributed by atoms with Gasteiger partial charge >= 0.3 is 12.1 Å². The highest BCUT2D eigenvalue weighted by atomic mass is 16.6. The monoisotopic (exact) mass is 368 g/mol. The molecule has 0 radical (unpaired) electrons. The number of alkyl carbamates (subject to hydrolysis) is 1. The number of carbonyl (C=O) groups excluding carboxylic acids is 2. The second-order valence-corrected chi connectivity index (χ2v) is 6.70. The number of nitro groups is 1. The fourth-order valence-electron chi connectivity index (χ4n) is 2.01. The Bertz CT molecular complexity index is 613. The summed E-state index contributed by atoms with van der Waals surface area (Å²) in [7, 11) is 0. The molecule has 2 N–H and O–H groups in total. The van der Waals surface area contributed by atoms with Crippen molar-refractivity contribution in [3.63, 3.8) is 0 Å². The Kier molecular flexibility index (Phi) is 7.98. The molecule has 0 fully saturated rings. The van der Waals surface area contributed by atoms with E-state index in [0.717, 1.165) is 5.56 Å². The summed E-state index contributed by atoms with van der Waals surface area (Å²) in [5.41, 5.74) is -0.0510. The van der Waals surface area contributed by atoms with Crippen molar-refractivity contribution < 1.29 is 29.1 Å². The largest absolute Gasteiger partial charge is 0.459 e. The molecule has 1 rings (SSSR count). The Morgan fingerprint density at radius 2 is 1.88 bits per heavy atom. The number of nitrogens with one attached hydrogen (secondary N) is 1. The van der Waals surface area contributed by atoms with Gasteiger partial charge < -0.3 is 19.9 Å². The van der Waals surface area contributed by atoms with Crippen LogP contribution in [0.5, 0.6) is 0 Å². The quantitative estimate of drug-likeness (QED) is 0.405. The predicted octanol–water partition coefficient (Wildman–Crippen LogP) is 1.65. The average molecular weight is 368 g/mol. The van der Waals surface area contributed by atoms with Crippen LogP contribution in [0.1, 0.15) is 32.8 Å². The lowest BCUT2D eigenvalue weighted by molar-refractivity contribution is -0.490. The van der Waals surface area contributed by atoms with E-state index in [-0.39, 0.29) is 13.0 Å². The average Bonchev–Trinajstić information content (AvgIpc) is 2.50. The van der Waals surface area contributed by atoms with Crippen LogP contribution in [0.25, 0.3) is 0 Å². The van der Waals surface area contributed by atoms with Crippen molar-refractivity contribution in [3.8, 4) is 0 Å². The lowest BCUT2D eigenvalue weighted by Crippen LogP contribution is -2.46. The maximum Gasteiger partial charge on any atom is 0.408 e. The zero-order valence-electron chi connectivity index (χ0n) is 15.0. The van der Waals surface area contributed by atoms with Crippen LogP contribution in [0.3, 0.4) is 0 Å². The van der Waals surface area contributed by atoms with Gasteiger partial charge in [0.2, 0.25) is 6.54 Å². The van der Waals surface area contributed by atoms with Crippen molar-refractivity contribution in [1.82, 2.24) is 5.32 Å². The summed E-state index contributed by atoms with van der Waals surface area (Å²) in [5.74, 6) is -0.817. The Balaban J connectivity index is 2.72.